The summed E-state index contributed by atoms with van der Waals surface area (Å²) in [4.78, 5) is 24.8. The van der Waals surface area contributed by atoms with Crippen molar-refractivity contribution in [1.82, 2.24) is 5.16 Å². The highest BCUT2D eigenvalue weighted by molar-refractivity contribution is 6.52. The lowest BCUT2D eigenvalue weighted by molar-refractivity contribution is -0.114. The lowest BCUT2D eigenvalue weighted by Crippen LogP contribution is -2.28. The van der Waals surface area contributed by atoms with Crippen LogP contribution in [0.5, 0.6) is 0 Å². The Morgan fingerprint density at radius 2 is 2.16 bits per heavy atom. The SMILES string of the molecule is O=C1C(=O)N(Cc2cnoc2)c2cc(F)c(Cl)cc21. The van der Waals surface area contributed by atoms with E-state index in [0.29, 0.717) is 5.56 Å². The quantitative estimate of drug-likeness (QED) is 0.791. The molecule has 1 aromatic heterocycles. The minimum Gasteiger partial charge on any atom is -0.364 e. The normalized spacial score (nSPS) is 14.1. The summed E-state index contributed by atoms with van der Waals surface area (Å²) in [6.07, 6.45) is 2.77. The lowest BCUT2D eigenvalue weighted by Gasteiger charge is -2.15. The minimum absolute atomic E-state index is 0.0855. The molecule has 7 heteroatoms. The van der Waals surface area contributed by atoms with Gasteiger partial charge < -0.3 is 9.42 Å². The van der Waals surface area contributed by atoms with E-state index in [4.69, 9.17) is 11.6 Å². The fourth-order valence-corrected chi connectivity index (χ4v) is 2.10. The van der Waals surface area contributed by atoms with Crippen molar-refractivity contribution >= 4 is 29.0 Å². The molecule has 0 fully saturated rings. The monoisotopic (exact) mass is 280 g/mol. The maximum absolute atomic E-state index is 13.5. The predicted molar refractivity (Wildman–Crippen MR) is 63.4 cm³/mol. The molecule has 2 aromatic rings. The van der Waals surface area contributed by atoms with Crippen LogP contribution in [-0.4, -0.2) is 16.8 Å². The molecule has 1 aliphatic rings. The predicted octanol–water partition coefficient (Wildman–Crippen LogP) is 2.20. The van der Waals surface area contributed by atoms with E-state index in [0.717, 1.165) is 6.07 Å². The number of amides is 1. The number of carbonyl (C=O) groups is 2. The summed E-state index contributed by atoms with van der Waals surface area (Å²) in [6, 6.07) is 2.24. The molecule has 1 amide bonds. The number of aromatic nitrogens is 1. The van der Waals surface area contributed by atoms with Gasteiger partial charge in [0.15, 0.2) is 0 Å². The second-order valence-electron chi connectivity index (χ2n) is 4.04. The minimum atomic E-state index is -0.724. The van der Waals surface area contributed by atoms with E-state index in [1.807, 2.05) is 0 Å². The maximum Gasteiger partial charge on any atom is 0.299 e. The number of halogens is 2. The number of hydrogen-bond acceptors (Lipinski definition) is 4. The van der Waals surface area contributed by atoms with E-state index in [2.05, 4.69) is 9.68 Å². The number of carbonyl (C=O) groups excluding carboxylic acids is 2. The van der Waals surface area contributed by atoms with Gasteiger partial charge in [-0.25, -0.2) is 4.39 Å². The third-order valence-electron chi connectivity index (χ3n) is 2.84. The molecule has 0 saturated carbocycles. The van der Waals surface area contributed by atoms with Crippen molar-refractivity contribution in [1.29, 1.82) is 0 Å². The summed E-state index contributed by atoms with van der Waals surface area (Å²) in [6.45, 7) is 0.0855. The van der Waals surface area contributed by atoms with Gasteiger partial charge in [0.25, 0.3) is 11.7 Å². The maximum atomic E-state index is 13.5. The first-order valence-electron chi connectivity index (χ1n) is 5.31. The standard InChI is InChI=1S/C12H6ClFN2O3/c13-8-1-7-10(2-9(8)14)16(12(18)11(7)17)4-6-3-15-19-5-6/h1-3,5H,4H2. The molecule has 0 unspecified atom stereocenters. The Hall–Kier alpha value is -2.21. The Morgan fingerprint density at radius 3 is 2.84 bits per heavy atom. The van der Waals surface area contributed by atoms with E-state index in [-0.39, 0.29) is 22.8 Å². The summed E-state index contributed by atoms with van der Waals surface area (Å²) in [5, 5.41) is 3.31. The zero-order chi connectivity index (χ0) is 13.6. The first-order valence-corrected chi connectivity index (χ1v) is 5.69. The van der Waals surface area contributed by atoms with E-state index < -0.39 is 17.5 Å². The second-order valence-corrected chi connectivity index (χ2v) is 4.44. The van der Waals surface area contributed by atoms with Crippen molar-refractivity contribution in [3.63, 3.8) is 0 Å². The van der Waals surface area contributed by atoms with Gasteiger partial charge in [-0.2, -0.15) is 0 Å². The number of ketones is 1. The van der Waals surface area contributed by atoms with Gasteiger partial charge in [0.1, 0.15) is 12.1 Å². The average molecular weight is 281 g/mol. The smallest absolute Gasteiger partial charge is 0.299 e. The second kappa shape index (κ2) is 4.17. The fraction of sp³-hybridized carbons (Fsp3) is 0.0833. The van der Waals surface area contributed by atoms with Gasteiger partial charge in [-0.3, -0.25) is 9.59 Å². The Bertz CT molecular complexity index is 685. The summed E-state index contributed by atoms with van der Waals surface area (Å²) >= 11 is 5.61. The van der Waals surface area contributed by atoms with Crippen LogP contribution in [0.15, 0.2) is 29.1 Å². The zero-order valence-corrected chi connectivity index (χ0v) is 10.1. The molecule has 19 heavy (non-hydrogen) atoms. The van der Waals surface area contributed by atoms with Crippen LogP contribution < -0.4 is 4.90 Å². The molecule has 0 aliphatic carbocycles. The van der Waals surface area contributed by atoms with Crippen molar-refractivity contribution in [2.75, 3.05) is 4.90 Å². The van der Waals surface area contributed by atoms with Crippen molar-refractivity contribution in [2.45, 2.75) is 6.54 Å². The molecule has 0 radical (unpaired) electrons. The third-order valence-corrected chi connectivity index (χ3v) is 3.13. The largest absolute Gasteiger partial charge is 0.364 e. The molecule has 1 aromatic carbocycles. The molecule has 3 rings (SSSR count). The molecule has 0 N–H and O–H groups in total. The van der Waals surface area contributed by atoms with Gasteiger partial charge in [-0.05, 0) is 12.1 Å². The van der Waals surface area contributed by atoms with Crippen molar-refractivity contribution in [3.8, 4) is 0 Å². The van der Waals surface area contributed by atoms with Gasteiger partial charge in [0, 0.05) is 5.56 Å². The third kappa shape index (κ3) is 1.80. The highest BCUT2D eigenvalue weighted by Gasteiger charge is 2.36. The Balaban J connectivity index is 2.06. The van der Waals surface area contributed by atoms with Crippen molar-refractivity contribution in [3.05, 3.63) is 46.6 Å². The fourth-order valence-electron chi connectivity index (χ4n) is 1.93. The number of hydrogen-bond donors (Lipinski definition) is 0. The van der Waals surface area contributed by atoms with Crippen molar-refractivity contribution in [2.24, 2.45) is 0 Å². The molecular formula is C12H6ClFN2O3. The van der Waals surface area contributed by atoms with Gasteiger partial charge in [0.05, 0.1) is 29.0 Å². The van der Waals surface area contributed by atoms with Crippen LogP contribution in [0.1, 0.15) is 15.9 Å². The van der Waals surface area contributed by atoms with Gasteiger partial charge in [0.2, 0.25) is 0 Å². The summed E-state index contributed by atoms with van der Waals surface area (Å²) in [5.74, 6) is -2.11. The van der Waals surface area contributed by atoms with Crippen LogP contribution in [0, 0.1) is 5.82 Å². The van der Waals surface area contributed by atoms with Gasteiger partial charge in [-0.1, -0.05) is 16.8 Å². The summed E-state index contributed by atoms with van der Waals surface area (Å²) < 4.78 is 18.1. The van der Waals surface area contributed by atoms with Crippen LogP contribution in [-0.2, 0) is 11.3 Å². The highest BCUT2D eigenvalue weighted by Crippen LogP contribution is 2.34. The average Bonchev–Trinajstić information content (AvgIpc) is 2.96. The van der Waals surface area contributed by atoms with E-state index in [1.54, 1.807) is 0 Å². The Morgan fingerprint density at radius 1 is 1.37 bits per heavy atom. The van der Waals surface area contributed by atoms with Crippen molar-refractivity contribution < 1.29 is 18.5 Å². The van der Waals surface area contributed by atoms with Gasteiger partial charge in [-0.15, -0.1) is 0 Å². The van der Waals surface area contributed by atoms with E-state index in [1.165, 1.54) is 23.4 Å². The molecule has 0 atom stereocenters. The summed E-state index contributed by atoms with van der Waals surface area (Å²) in [7, 11) is 0. The number of Topliss-reactive ketones (excluding diaryl/α,β-unsaturated/α-hetero) is 1. The number of rotatable bonds is 2. The van der Waals surface area contributed by atoms with Crippen LogP contribution in [0.3, 0.4) is 0 Å². The molecule has 1 aliphatic heterocycles. The molecule has 5 nitrogen and oxygen atoms in total. The van der Waals surface area contributed by atoms with Crippen LogP contribution in [0.25, 0.3) is 0 Å². The molecule has 0 spiro atoms. The highest BCUT2D eigenvalue weighted by atomic mass is 35.5. The van der Waals surface area contributed by atoms with E-state index in [9.17, 15) is 14.0 Å². The molecule has 0 saturated heterocycles. The van der Waals surface area contributed by atoms with Gasteiger partial charge >= 0.3 is 0 Å². The van der Waals surface area contributed by atoms with Crippen LogP contribution >= 0.6 is 11.6 Å². The number of benzene rings is 1. The van der Waals surface area contributed by atoms with Crippen LogP contribution in [0.2, 0.25) is 5.02 Å². The first kappa shape index (κ1) is 11.9. The Labute approximate surface area is 111 Å². The molecule has 96 valence electrons. The van der Waals surface area contributed by atoms with Crippen LogP contribution in [0.4, 0.5) is 10.1 Å². The molecular weight excluding hydrogens is 275 g/mol. The molecule has 0 bridgehead atoms. The number of nitrogens with zero attached hydrogens (tertiary/aromatic N) is 2. The number of anilines is 1. The first-order chi connectivity index (χ1) is 9.08. The Kier molecular flexibility index (Phi) is 2.60. The number of fused-ring (bicyclic) bond motifs is 1. The topological polar surface area (TPSA) is 63.4 Å². The summed E-state index contributed by atoms with van der Waals surface area (Å²) in [5.41, 5.74) is 0.912. The molecule has 2 heterocycles. The van der Waals surface area contributed by atoms with E-state index >= 15 is 0 Å². The lowest BCUT2D eigenvalue weighted by atomic mass is 10.1. The zero-order valence-electron chi connectivity index (χ0n) is 9.39.